The molecule has 13 nitrogen and oxygen atoms in total. The minimum absolute atomic E-state index is 0.144. The lowest BCUT2D eigenvalue weighted by Gasteiger charge is -2.26. The van der Waals surface area contributed by atoms with Crippen molar-refractivity contribution in [3.63, 3.8) is 0 Å². The van der Waals surface area contributed by atoms with E-state index in [2.05, 4.69) is 13.2 Å². The summed E-state index contributed by atoms with van der Waals surface area (Å²) in [6, 6.07) is 16.5. The van der Waals surface area contributed by atoms with E-state index >= 15 is 0 Å². The van der Waals surface area contributed by atoms with Crippen LogP contribution in [0, 0.1) is 29.1 Å². The summed E-state index contributed by atoms with van der Waals surface area (Å²) in [4.78, 5) is 74.2. The van der Waals surface area contributed by atoms with Crippen molar-refractivity contribution < 1.29 is 57.2 Å². The Labute approximate surface area is 311 Å². The van der Waals surface area contributed by atoms with E-state index in [1.165, 1.54) is 66.7 Å². The van der Waals surface area contributed by atoms with Crippen LogP contribution in [0.1, 0.15) is 56.9 Å². The van der Waals surface area contributed by atoms with Crippen LogP contribution in [-0.4, -0.2) is 42.0 Å². The maximum atomic E-state index is 13.0. The first-order valence-corrected chi connectivity index (χ1v) is 17.4. The van der Waals surface area contributed by atoms with Gasteiger partial charge in [-0.25, -0.2) is 9.59 Å². The molecule has 0 unspecified atom stereocenters. The van der Waals surface area contributed by atoms with Crippen molar-refractivity contribution in [1.82, 2.24) is 0 Å². The SMILES string of the molecule is C=CC(=O)Oc1ccc(OC(=O)C2CCC(C(=O)Oc3ccc(OC(=O)C4CCC(C(=O)Oc5ccc(OC(=O)C=C)cc5)CC4)c(C=N)c3)CC2)cc1. The molecule has 0 aliphatic heterocycles. The summed E-state index contributed by atoms with van der Waals surface area (Å²) in [7, 11) is 0. The van der Waals surface area contributed by atoms with Crippen LogP contribution >= 0.6 is 0 Å². The Hall–Kier alpha value is -6.37. The molecule has 280 valence electrons. The first-order valence-electron chi connectivity index (χ1n) is 17.4. The zero-order valence-electron chi connectivity index (χ0n) is 29.4. The maximum Gasteiger partial charge on any atom is 0.335 e. The van der Waals surface area contributed by atoms with Crippen molar-refractivity contribution >= 4 is 42.0 Å². The van der Waals surface area contributed by atoms with E-state index in [-0.39, 0.29) is 28.6 Å². The van der Waals surface area contributed by atoms with E-state index in [0.717, 1.165) is 18.4 Å². The zero-order chi connectivity index (χ0) is 38.6. The lowest BCUT2D eigenvalue weighted by molar-refractivity contribution is -0.145. The molecule has 0 aromatic heterocycles. The molecule has 5 rings (SSSR count). The predicted molar refractivity (Wildman–Crippen MR) is 192 cm³/mol. The summed E-state index contributed by atoms with van der Waals surface area (Å²) in [5, 5.41) is 7.85. The second kappa shape index (κ2) is 18.4. The molecule has 3 aromatic carbocycles. The predicted octanol–water partition coefficient (Wildman–Crippen LogP) is 6.50. The minimum atomic E-state index is -0.602. The van der Waals surface area contributed by atoms with Crippen molar-refractivity contribution in [2.24, 2.45) is 23.7 Å². The van der Waals surface area contributed by atoms with E-state index in [9.17, 15) is 28.8 Å². The summed E-state index contributed by atoms with van der Waals surface area (Å²) < 4.78 is 32.2. The van der Waals surface area contributed by atoms with Crippen molar-refractivity contribution in [3.8, 4) is 34.5 Å². The Morgan fingerprint density at radius 2 is 0.759 bits per heavy atom. The molecule has 2 fully saturated rings. The third-order valence-electron chi connectivity index (χ3n) is 9.21. The highest BCUT2D eigenvalue weighted by molar-refractivity contribution is 5.86. The molecule has 1 N–H and O–H groups in total. The molecule has 0 amide bonds. The smallest absolute Gasteiger partial charge is 0.335 e. The van der Waals surface area contributed by atoms with Gasteiger partial charge in [-0.2, -0.15) is 0 Å². The van der Waals surface area contributed by atoms with Crippen LogP contribution < -0.4 is 28.4 Å². The van der Waals surface area contributed by atoms with Gasteiger partial charge in [0.2, 0.25) is 0 Å². The Kier molecular flexibility index (Phi) is 13.2. The number of nitrogens with one attached hydrogen (secondary N) is 1. The molecule has 0 saturated heterocycles. The second-order valence-corrected chi connectivity index (χ2v) is 12.8. The summed E-state index contributed by atoms with van der Waals surface area (Å²) in [5.41, 5.74) is 0.245. The van der Waals surface area contributed by atoms with Crippen molar-refractivity contribution in [3.05, 3.63) is 97.6 Å². The number of hydrogen-bond donors (Lipinski definition) is 1. The van der Waals surface area contributed by atoms with Crippen LogP contribution in [0.15, 0.2) is 92.0 Å². The number of carbonyl (C=O) groups excluding carboxylic acids is 6. The number of esters is 6. The van der Waals surface area contributed by atoms with Gasteiger partial charge in [-0.05, 0) is 118 Å². The largest absolute Gasteiger partial charge is 0.426 e. The minimum Gasteiger partial charge on any atom is -0.426 e. The maximum absolute atomic E-state index is 13.0. The van der Waals surface area contributed by atoms with Crippen molar-refractivity contribution in [2.75, 3.05) is 0 Å². The van der Waals surface area contributed by atoms with Gasteiger partial charge < -0.3 is 33.8 Å². The molecule has 0 atom stereocenters. The second-order valence-electron chi connectivity index (χ2n) is 12.8. The molecule has 2 saturated carbocycles. The molecule has 0 radical (unpaired) electrons. The summed E-state index contributed by atoms with van der Waals surface area (Å²) in [5.74, 6) is -3.15. The fourth-order valence-electron chi connectivity index (χ4n) is 6.18. The fraction of sp³-hybridized carbons (Fsp3) is 0.293. The van der Waals surface area contributed by atoms with E-state index in [1.54, 1.807) is 0 Å². The van der Waals surface area contributed by atoms with Crippen LogP contribution in [0.25, 0.3) is 0 Å². The Bertz CT molecular complexity index is 1900. The normalized spacial score (nSPS) is 19.2. The van der Waals surface area contributed by atoms with E-state index in [0.29, 0.717) is 62.9 Å². The van der Waals surface area contributed by atoms with Gasteiger partial charge in [0, 0.05) is 23.9 Å². The van der Waals surface area contributed by atoms with Crippen molar-refractivity contribution in [1.29, 1.82) is 5.41 Å². The molecular weight excluding hydrogens is 698 g/mol. The van der Waals surface area contributed by atoms with Gasteiger partial charge in [-0.15, -0.1) is 0 Å². The molecule has 2 aliphatic rings. The van der Waals surface area contributed by atoms with Gasteiger partial charge in [0.05, 0.1) is 23.7 Å². The van der Waals surface area contributed by atoms with Crippen molar-refractivity contribution in [2.45, 2.75) is 51.4 Å². The topological polar surface area (TPSA) is 182 Å². The van der Waals surface area contributed by atoms with Gasteiger partial charge in [-0.1, -0.05) is 13.2 Å². The van der Waals surface area contributed by atoms with Crippen LogP contribution in [0.4, 0.5) is 0 Å². The summed E-state index contributed by atoms with van der Waals surface area (Å²) in [6.45, 7) is 6.68. The van der Waals surface area contributed by atoms with E-state index in [1.807, 2.05) is 0 Å². The quantitative estimate of drug-likeness (QED) is 0.0871. The fourth-order valence-corrected chi connectivity index (χ4v) is 6.18. The Balaban J connectivity index is 1.05. The number of hydrogen-bond acceptors (Lipinski definition) is 13. The van der Waals surface area contributed by atoms with Crippen LogP contribution in [-0.2, 0) is 28.8 Å². The Morgan fingerprint density at radius 3 is 1.09 bits per heavy atom. The summed E-state index contributed by atoms with van der Waals surface area (Å²) in [6.07, 6.45) is 6.46. The summed E-state index contributed by atoms with van der Waals surface area (Å²) >= 11 is 0. The first-order chi connectivity index (χ1) is 26.0. The molecule has 3 aromatic rings. The van der Waals surface area contributed by atoms with Gasteiger partial charge >= 0.3 is 35.8 Å². The van der Waals surface area contributed by atoms with Gasteiger partial charge in [0.25, 0.3) is 0 Å². The third-order valence-corrected chi connectivity index (χ3v) is 9.21. The van der Waals surface area contributed by atoms with E-state index in [4.69, 9.17) is 33.8 Å². The van der Waals surface area contributed by atoms with Crippen LogP contribution in [0.3, 0.4) is 0 Å². The monoisotopic (exact) mass is 737 g/mol. The average molecular weight is 738 g/mol. The lowest BCUT2D eigenvalue weighted by atomic mass is 9.82. The van der Waals surface area contributed by atoms with Gasteiger partial charge in [-0.3, -0.25) is 19.2 Å². The number of rotatable bonds is 13. The first kappa shape index (κ1) is 38.9. The van der Waals surface area contributed by atoms with Crippen LogP contribution in [0.5, 0.6) is 34.5 Å². The number of carbonyl (C=O) groups is 6. The third kappa shape index (κ3) is 10.6. The molecule has 13 heteroatoms. The van der Waals surface area contributed by atoms with E-state index < -0.39 is 59.5 Å². The molecule has 54 heavy (non-hydrogen) atoms. The van der Waals surface area contributed by atoms with Gasteiger partial charge in [0.15, 0.2) is 0 Å². The lowest BCUT2D eigenvalue weighted by Crippen LogP contribution is -2.30. The molecule has 0 spiro atoms. The highest BCUT2D eigenvalue weighted by Gasteiger charge is 2.34. The Morgan fingerprint density at radius 1 is 0.463 bits per heavy atom. The number of benzene rings is 3. The molecule has 0 heterocycles. The number of ether oxygens (including phenoxy) is 6. The molecule has 0 bridgehead atoms. The molecule has 2 aliphatic carbocycles. The molecular formula is C41H39NO12. The van der Waals surface area contributed by atoms with Gasteiger partial charge in [0.1, 0.15) is 34.5 Å². The average Bonchev–Trinajstić information content (AvgIpc) is 3.19. The highest BCUT2D eigenvalue weighted by atomic mass is 16.6. The van der Waals surface area contributed by atoms with Crippen LogP contribution in [0.2, 0.25) is 0 Å². The highest BCUT2D eigenvalue weighted by Crippen LogP contribution is 2.34. The standard InChI is InChI=1S/C41H39NO12/c1-3-36(43)49-30-13-17-32(18-14-30)51-38(45)25-5-7-27(8-6-25)40(47)53-34-21-22-35(29(23-34)24-42)54-41(48)28-11-9-26(10-12-28)39(46)52-33-19-15-31(16-20-33)50-37(44)4-2/h3-4,13-28,42H,1-2,5-12H2. The zero-order valence-corrected chi connectivity index (χ0v) is 29.4.